The van der Waals surface area contributed by atoms with Gasteiger partial charge in [0.25, 0.3) is 0 Å². The van der Waals surface area contributed by atoms with E-state index in [0.29, 0.717) is 0 Å². The summed E-state index contributed by atoms with van der Waals surface area (Å²) in [5, 5.41) is 2.64. The fraction of sp³-hybridized carbons (Fsp3) is 0.100. The van der Waals surface area contributed by atoms with Crippen molar-refractivity contribution in [1.82, 2.24) is 0 Å². The fourth-order valence-corrected chi connectivity index (χ4v) is 1.31. The van der Waals surface area contributed by atoms with Crippen molar-refractivity contribution in [2.24, 2.45) is 0 Å². The monoisotopic (exact) mass is 140 g/mol. The van der Waals surface area contributed by atoms with Crippen LogP contribution in [0.15, 0.2) is 36.3 Å². The van der Waals surface area contributed by atoms with Crippen LogP contribution in [0.1, 0.15) is 5.56 Å². The molecule has 52 valence electrons. The summed E-state index contributed by atoms with van der Waals surface area (Å²) in [4.78, 5) is 0. The van der Waals surface area contributed by atoms with E-state index in [1.165, 1.54) is 16.2 Å². The van der Waals surface area contributed by atoms with Crippen LogP contribution in [-0.2, 0) is 0 Å². The van der Waals surface area contributed by atoms with Crippen molar-refractivity contribution in [1.29, 1.82) is 0 Å². The van der Waals surface area contributed by atoms with Gasteiger partial charge in [0.15, 0.2) is 0 Å². The van der Waals surface area contributed by atoms with Crippen LogP contribution in [0.5, 0.6) is 0 Å². The molecule has 0 aliphatic rings. The molecule has 1 aromatic heterocycles. The molecule has 1 aromatic carbocycles. The number of hydrogen-bond donors (Lipinski definition) is 0. The third kappa shape index (κ3) is 1.18. The van der Waals surface area contributed by atoms with Crippen LogP contribution in [0.3, 0.4) is 0 Å². The van der Waals surface area contributed by atoms with Gasteiger partial charge < -0.3 is 0 Å². The van der Waals surface area contributed by atoms with E-state index in [1.54, 1.807) is 0 Å². The van der Waals surface area contributed by atoms with Crippen LogP contribution in [0.4, 0.5) is 0 Å². The molecule has 0 amide bonds. The minimum atomic E-state index is 1.32. The van der Waals surface area contributed by atoms with Gasteiger partial charge in [0.05, 0.1) is 0 Å². The Morgan fingerprint density at radius 2 is 2.09 bits per heavy atom. The minimum absolute atomic E-state index is 1.32. The van der Waals surface area contributed by atoms with Crippen LogP contribution in [-0.4, -0.2) is 6.91 Å². The zero-order valence-electron chi connectivity index (χ0n) is 6.54. The van der Waals surface area contributed by atoms with Crippen LogP contribution in [0.2, 0.25) is 0 Å². The summed E-state index contributed by atoms with van der Waals surface area (Å²) in [5.74, 6) is 2.07. The van der Waals surface area contributed by atoms with Crippen molar-refractivity contribution in [3.05, 3.63) is 41.9 Å². The first-order valence-electron chi connectivity index (χ1n) is 3.82. The van der Waals surface area contributed by atoms with Gasteiger partial charge in [0.2, 0.25) is 0 Å². The molecule has 0 saturated carbocycles. The van der Waals surface area contributed by atoms with Gasteiger partial charge in [0, 0.05) is 0 Å². The Hall–Kier alpha value is -1.11. The van der Waals surface area contributed by atoms with E-state index in [-0.39, 0.29) is 0 Å². The van der Waals surface area contributed by atoms with Gasteiger partial charge in [-0.3, -0.25) is 0 Å². The Morgan fingerprint density at radius 1 is 1.18 bits per heavy atom. The molecule has 0 fully saturated rings. The molecule has 0 saturated heterocycles. The first-order valence-corrected chi connectivity index (χ1v) is 3.82. The van der Waals surface area contributed by atoms with Crippen molar-refractivity contribution in [2.45, 2.75) is 6.92 Å². The predicted molar refractivity (Wildman–Crippen MR) is 50.0 cm³/mol. The van der Waals surface area contributed by atoms with E-state index >= 15 is 0 Å². The third-order valence-electron chi connectivity index (χ3n) is 1.90. The fourth-order valence-electron chi connectivity index (χ4n) is 1.31. The Morgan fingerprint density at radius 3 is 3.00 bits per heavy atom. The normalized spacial score (nSPS) is 9.91. The summed E-state index contributed by atoms with van der Waals surface area (Å²) in [7, 11) is 0. The number of aryl methyl sites for hydroxylation is 1. The summed E-state index contributed by atoms with van der Waals surface area (Å²) in [6.45, 7) is 4.25. The molecule has 0 aliphatic carbocycles. The molecule has 2 aromatic rings. The van der Waals surface area contributed by atoms with Crippen molar-refractivity contribution >= 4 is 17.6 Å². The molecular weight excluding hydrogens is 131 g/mol. The molecule has 0 unspecified atom stereocenters. The molecule has 0 atom stereocenters. The Bertz CT molecular complexity index is 379. The standard InChI is InChI=1S/C10H9B/c1-8-4-5-10-9(7-8)3-2-6-11-10/h2-7H,1H3. The quantitative estimate of drug-likeness (QED) is 0.527. The summed E-state index contributed by atoms with van der Waals surface area (Å²) >= 11 is 0. The van der Waals surface area contributed by atoms with E-state index in [1.807, 2.05) is 0 Å². The molecule has 0 bridgehead atoms. The summed E-state index contributed by atoms with van der Waals surface area (Å²) < 4.78 is 0. The Labute approximate surface area is 67.1 Å². The predicted octanol–water partition coefficient (Wildman–Crippen LogP) is 2.49. The van der Waals surface area contributed by atoms with E-state index in [2.05, 4.69) is 50.1 Å². The SMILES string of the molecule is Cc1ccc2bcccc2c1. The summed E-state index contributed by atoms with van der Waals surface area (Å²) in [6.07, 6.45) is 0. The zero-order chi connectivity index (χ0) is 7.68. The Kier molecular flexibility index (Phi) is 1.50. The van der Waals surface area contributed by atoms with Gasteiger partial charge in [-0.15, -0.1) is 0 Å². The van der Waals surface area contributed by atoms with Crippen molar-refractivity contribution in [3.8, 4) is 0 Å². The van der Waals surface area contributed by atoms with E-state index in [0.717, 1.165) is 0 Å². The summed E-state index contributed by atoms with van der Waals surface area (Å²) in [5.41, 5.74) is 1.32. The molecule has 0 nitrogen and oxygen atoms in total. The van der Waals surface area contributed by atoms with Gasteiger partial charge in [0.1, 0.15) is 0 Å². The molecule has 2 rings (SSSR count). The maximum atomic E-state index is 2.20. The average Bonchev–Trinajstić information content (AvgIpc) is 2.04. The molecular formula is C10H9B. The molecule has 1 heteroatoms. The van der Waals surface area contributed by atoms with Gasteiger partial charge in [-0.1, -0.05) is 0 Å². The molecule has 0 radical (unpaired) electrons. The molecule has 0 aliphatic heterocycles. The number of benzene rings is 1. The second-order valence-electron chi connectivity index (χ2n) is 2.85. The second kappa shape index (κ2) is 2.50. The average molecular weight is 140 g/mol. The topological polar surface area (TPSA) is 0 Å². The third-order valence-corrected chi connectivity index (χ3v) is 1.90. The molecule has 0 spiro atoms. The van der Waals surface area contributed by atoms with Gasteiger partial charge >= 0.3 is 66.4 Å². The number of rotatable bonds is 0. The van der Waals surface area contributed by atoms with E-state index in [4.69, 9.17) is 0 Å². The van der Waals surface area contributed by atoms with Crippen molar-refractivity contribution in [2.75, 3.05) is 0 Å². The number of hydrogen-bond acceptors (Lipinski definition) is 0. The Balaban J connectivity index is 2.83. The summed E-state index contributed by atoms with van der Waals surface area (Å²) in [6, 6.07) is 10.7. The van der Waals surface area contributed by atoms with Crippen LogP contribution >= 0.6 is 0 Å². The van der Waals surface area contributed by atoms with Crippen LogP contribution in [0.25, 0.3) is 10.7 Å². The second-order valence-corrected chi connectivity index (χ2v) is 2.85. The molecule has 11 heavy (non-hydrogen) atoms. The van der Waals surface area contributed by atoms with Gasteiger partial charge in [-0.25, -0.2) is 0 Å². The van der Waals surface area contributed by atoms with E-state index < -0.39 is 0 Å². The molecule has 1 heterocycles. The van der Waals surface area contributed by atoms with Crippen LogP contribution in [0, 0.1) is 6.92 Å². The van der Waals surface area contributed by atoms with Crippen LogP contribution < -0.4 is 0 Å². The molecule has 0 N–H and O–H groups in total. The number of fused-ring (bicyclic) bond motifs is 1. The van der Waals surface area contributed by atoms with Crippen molar-refractivity contribution < 1.29 is 0 Å². The van der Waals surface area contributed by atoms with Gasteiger partial charge in [-0.05, 0) is 0 Å². The van der Waals surface area contributed by atoms with E-state index in [9.17, 15) is 0 Å². The maximum absolute atomic E-state index is 2.20. The zero-order valence-corrected chi connectivity index (χ0v) is 6.54. The first kappa shape index (κ1) is 6.60. The van der Waals surface area contributed by atoms with Crippen molar-refractivity contribution in [3.63, 3.8) is 0 Å². The van der Waals surface area contributed by atoms with Gasteiger partial charge in [-0.2, -0.15) is 0 Å². The first-order chi connectivity index (χ1) is 5.36.